The molecule has 2 heterocycles. The highest BCUT2D eigenvalue weighted by molar-refractivity contribution is 5.77. The van der Waals surface area contributed by atoms with E-state index in [1.54, 1.807) is 55.5 Å². The van der Waals surface area contributed by atoms with Crippen LogP contribution in [0.15, 0.2) is 69.9 Å². The van der Waals surface area contributed by atoms with Crippen molar-refractivity contribution in [2.75, 3.05) is 0 Å². The number of benzene rings is 3. The van der Waals surface area contributed by atoms with Gasteiger partial charge >= 0.3 is 0 Å². The second-order valence-corrected chi connectivity index (χ2v) is 8.20. The molecular formula is C25H23NO8. The van der Waals surface area contributed by atoms with Gasteiger partial charge in [0, 0.05) is 12.1 Å². The van der Waals surface area contributed by atoms with Gasteiger partial charge in [0.25, 0.3) is 0 Å². The summed E-state index contributed by atoms with van der Waals surface area (Å²) in [6.45, 7) is 1.87. The molecule has 0 spiro atoms. The standard InChI is InChI=1S/C25H23NO8/c1-13-22(28)23(29)24(30)25(32-13)33-16-5-2-14(3-6-16)12-31-17-7-9-19-21(11-17)34-20-10-15(27)4-8-18(20)26-19/h2-11,13,22-25,28-30H,12H2,1H3/t13-,22+,23+,24-,25+/m1/s1. The molecule has 9 nitrogen and oxygen atoms in total. The smallest absolute Gasteiger partial charge is 0.229 e. The fourth-order valence-corrected chi connectivity index (χ4v) is 3.75. The number of ether oxygens (including phenoxy) is 3. The fraction of sp³-hybridized carbons (Fsp3) is 0.280. The van der Waals surface area contributed by atoms with Gasteiger partial charge in [-0.1, -0.05) is 12.1 Å². The Bertz CT molecular complexity index is 1320. The molecule has 5 atom stereocenters. The van der Waals surface area contributed by atoms with Crippen molar-refractivity contribution in [1.29, 1.82) is 0 Å². The Morgan fingerprint density at radius 3 is 2.47 bits per heavy atom. The Labute approximate surface area is 194 Å². The topological polar surface area (TPSA) is 131 Å². The van der Waals surface area contributed by atoms with Gasteiger partial charge in [-0.25, -0.2) is 4.98 Å². The van der Waals surface area contributed by atoms with E-state index in [2.05, 4.69) is 4.98 Å². The van der Waals surface area contributed by atoms with Gasteiger partial charge in [-0.05, 0) is 48.9 Å². The van der Waals surface area contributed by atoms with Gasteiger partial charge in [0.1, 0.15) is 47.6 Å². The third-order valence-corrected chi connectivity index (χ3v) is 5.71. The molecular weight excluding hydrogens is 442 g/mol. The van der Waals surface area contributed by atoms with Crippen LogP contribution in [0.4, 0.5) is 0 Å². The first-order valence-electron chi connectivity index (χ1n) is 10.8. The Balaban J connectivity index is 1.24. The van der Waals surface area contributed by atoms with Crippen molar-refractivity contribution in [3.8, 4) is 23.0 Å². The van der Waals surface area contributed by atoms with Crippen molar-refractivity contribution in [3.63, 3.8) is 0 Å². The van der Waals surface area contributed by atoms with Crippen molar-refractivity contribution in [2.24, 2.45) is 0 Å². The summed E-state index contributed by atoms with van der Waals surface area (Å²) in [6.07, 6.45) is -5.69. The molecule has 0 aromatic heterocycles. The summed E-state index contributed by atoms with van der Waals surface area (Å²) in [5.74, 6) is 1.43. The number of rotatable bonds is 5. The minimum atomic E-state index is -1.38. The zero-order chi connectivity index (χ0) is 23.8. The van der Waals surface area contributed by atoms with E-state index in [4.69, 9.17) is 18.6 Å². The fourth-order valence-electron chi connectivity index (χ4n) is 3.75. The largest absolute Gasteiger partial charge is 0.489 e. The van der Waals surface area contributed by atoms with Crippen molar-refractivity contribution in [3.05, 3.63) is 76.5 Å². The van der Waals surface area contributed by atoms with Crippen LogP contribution in [-0.4, -0.2) is 51.0 Å². The Morgan fingerprint density at radius 1 is 0.912 bits per heavy atom. The van der Waals surface area contributed by atoms with Gasteiger partial charge in [-0.15, -0.1) is 0 Å². The molecule has 2 aromatic carbocycles. The molecule has 1 fully saturated rings. The van der Waals surface area contributed by atoms with E-state index in [1.165, 1.54) is 12.1 Å². The molecule has 2 aliphatic heterocycles. The van der Waals surface area contributed by atoms with Crippen LogP contribution < -0.4 is 14.9 Å². The molecule has 0 radical (unpaired) electrons. The van der Waals surface area contributed by atoms with E-state index in [9.17, 15) is 20.1 Å². The maximum atomic E-state index is 11.6. The van der Waals surface area contributed by atoms with Crippen molar-refractivity contribution in [1.82, 2.24) is 4.98 Å². The first-order chi connectivity index (χ1) is 16.4. The first kappa shape index (κ1) is 22.3. The molecule has 176 valence electrons. The molecule has 0 unspecified atom stereocenters. The second kappa shape index (κ2) is 9.03. The van der Waals surface area contributed by atoms with Crippen LogP contribution in [0.3, 0.4) is 0 Å². The zero-order valence-corrected chi connectivity index (χ0v) is 18.2. The summed E-state index contributed by atoms with van der Waals surface area (Å²) < 4.78 is 22.8. The summed E-state index contributed by atoms with van der Waals surface area (Å²) >= 11 is 0. The monoisotopic (exact) mass is 465 g/mol. The molecule has 5 rings (SSSR count). The van der Waals surface area contributed by atoms with Crippen LogP contribution in [0.25, 0.3) is 22.6 Å². The summed E-state index contributed by atoms with van der Waals surface area (Å²) in [4.78, 5) is 16.1. The highest BCUT2D eigenvalue weighted by Gasteiger charge is 2.43. The number of aromatic nitrogens is 1. The van der Waals surface area contributed by atoms with Gasteiger partial charge < -0.3 is 33.9 Å². The molecule has 3 aliphatic rings. The van der Waals surface area contributed by atoms with Crippen LogP contribution in [0, 0.1) is 0 Å². The number of aliphatic hydroxyl groups excluding tert-OH is 3. The molecule has 0 saturated carbocycles. The lowest BCUT2D eigenvalue weighted by atomic mass is 10.00. The van der Waals surface area contributed by atoms with E-state index < -0.39 is 30.7 Å². The van der Waals surface area contributed by atoms with Crippen molar-refractivity contribution < 1.29 is 33.9 Å². The summed E-state index contributed by atoms with van der Waals surface area (Å²) in [6, 6.07) is 16.8. The Hall–Kier alpha value is -3.50. The van der Waals surface area contributed by atoms with E-state index in [0.717, 1.165) is 5.56 Å². The van der Waals surface area contributed by atoms with Crippen LogP contribution in [0.5, 0.6) is 11.5 Å². The van der Waals surface area contributed by atoms with Crippen molar-refractivity contribution in [2.45, 2.75) is 44.2 Å². The first-order valence-corrected chi connectivity index (χ1v) is 10.8. The molecule has 34 heavy (non-hydrogen) atoms. The summed E-state index contributed by atoms with van der Waals surface area (Å²) in [5, 5.41) is 29.8. The van der Waals surface area contributed by atoms with Crippen molar-refractivity contribution >= 4 is 11.1 Å². The Morgan fingerprint density at radius 2 is 1.68 bits per heavy atom. The lowest BCUT2D eigenvalue weighted by molar-refractivity contribution is -0.268. The van der Waals surface area contributed by atoms with Gasteiger partial charge in [0.2, 0.25) is 6.29 Å². The van der Waals surface area contributed by atoms with Gasteiger partial charge in [-0.2, -0.15) is 0 Å². The molecule has 0 amide bonds. The normalized spacial score (nSPS) is 24.9. The predicted molar refractivity (Wildman–Crippen MR) is 121 cm³/mol. The number of hydrogen-bond acceptors (Lipinski definition) is 9. The van der Waals surface area contributed by atoms with Gasteiger partial charge in [0.15, 0.2) is 16.8 Å². The van der Waals surface area contributed by atoms with Gasteiger partial charge in [-0.3, -0.25) is 4.79 Å². The number of hydrogen-bond donors (Lipinski definition) is 3. The average Bonchev–Trinajstić information content (AvgIpc) is 2.84. The Kier molecular flexibility index (Phi) is 5.93. The lowest BCUT2D eigenvalue weighted by Gasteiger charge is -2.38. The van der Waals surface area contributed by atoms with Crippen LogP contribution in [-0.2, 0) is 11.3 Å². The van der Waals surface area contributed by atoms with Crippen LogP contribution in [0.2, 0.25) is 0 Å². The van der Waals surface area contributed by atoms with E-state index >= 15 is 0 Å². The summed E-state index contributed by atoms with van der Waals surface area (Å²) in [5.41, 5.74) is 2.48. The van der Waals surface area contributed by atoms with E-state index in [0.29, 0.717) is 34.1 Å². The SMILES string of the molecule is C[C@H]1O[C@@H](Oc2ccc(COc3ccc4nc5ccc(=O)cc-5oc4c3)cc2)[C@H](O)[C@@H](O)[C@H]1O. The van der Waals surface area contributed by atoms with Gasteiger partial charge in [0.05, 0.1) is 6.10 Å². The van der Waals surface area contributed by atoms with E-state index in [-0.39, 0.29) is 12.0 Å². The number of fused-ring (bicyclic) bond motifs is 2. The minimum absolute atomic E-state index is 0.148. The predicted octanol–water partition coefficient (Wildman–Crippen LogP) is 2.08. The zero-order valence-electron chi connectivity index (χ0n) is 18.2. The minimum Gasteiger partial charge on any atom is -0.489 e. The molecule has 2 aromatic rings. The quantitative estimate of drug-likeness (QED) is 0.379. The third kappa shape index (κ3) is 4.46. The maximum absolute atomic E-state index is 11.6. The number of aliphatic hydroxyl groups is 3. The highest BCUT2D eigenvalue weighted by atomic mass is 16.7. The third-order valence-electron chi connectivity index (χ3n) is 5.71. The van der Waals surface area contributed by atoms with Crippen LogP contribution >= 0.6 is 0 Å². The molecule has 1 saturated heterocycles. The second-order valence-electron chi connectivity index (χ2n) is 8.20. The molecule has 0 bridgehead atoms. The highest BCUT2D eigenvalue weighted by Crippen LogP contribution is 2.27. The summed E-state index contributed by atoms with van der Waals surface area (Å²) in [7, 11) is 0. The molecule has 3 N–H and O–H groups in total. The average molecular weight is 465 g/mol. The molecule has 1 aliphatic carbocycles. The lowest BCUT2D eigenvalue weighted by Crippen LogP contribution is -2.58. The number of nitrogens with zero attached hydrogens (tertiary/aromatic N) is 1. The maximum Gasteiger partial charge on any atom is 0.229 e. The molecule has 9 heteroatoms. The van der Waals surface area contributed by atoms with Crippen LogP contribution in [0.1, 0.15) is 12.5 Å². The van der Waals surface area contributed by atoms with E-state index in [1.807, 2.05) is 0 Å².